The second kappa shape index (κ2) is 31.6. The highest BCUT2D eigenvalue weighted by Gasteiger charge is 2.49. The number of carbonyl (C=O) groups excluding carboxylic acids is 2. The molecule has 37 nitrogen and oxygen atoms in total. The molecule has 4 aliphatic heterocycles. The van der Waals surface area contributed by atoms with E-state index in [9.17, 15) is 76.9 Å². The number of phosphoric acid groups is 2. The molecule has 4 saturated heterocycles. The van der Waals surface area contributed by atoms with Crippen LogP contribution in [0.25, 0.3) is 0 Å². The van der Waals surface area contributed by atoms with E-state index < -0.39 is 194 Å². The van der Waals surface area contributed by atoms with Gasteiger partial charge in [0.1, 0.15) is 61.5 Å². The number of aromatic nitrogens is 8. The molecule has 4 aromatic rings. The molecule has 8 heterocycles. The fourth-order valence-electron chi connectivity index (χ4n) is 9.78. The van der Waals surface area contributed by atoms with Crippen molar-refractivity contribution >= 4 is 86.5 Å². The first kappa shape index (κ1) is 74.6. The van der Waals surface area contributed by atoms with Crippen molar-refractivity contribution in [2.45, 2.75) is 141 Å². The molecular formula is C48H66N8O29P4S4. The van der Waals surface area contributed by atoms with Gasteiger partial charge in [0.15, 0.2) is 10.2 Å². The molecule has 0 aliphatic carbocycles. The average molecular weight is 1470 g/mol. The molecule has 0 aromatic carbocycles. The summed E-state index contributed by atoms with van der Waals surface area (Å²) < 4.78 is 107. The monoisotopic (exact) mass is 1470 g/mol. The third-order valence-electron chi connectivity index (χ3n) is 14.3. The van der Waals surface area contributed by atoms with Gasteiger partial charge in [-0.1, -0.05) is 23.5 Å². The molecule has 4 aliphatic rings. The maximum Gasteiger partial charge on any atom is 0.472 e. The Bertz CT molecular complexity index is 4120. The van der Waals surface area contributed by atoms with Crippen LogP contribution in [-0.2, 0) is 102 Å². The number of hydrogen-bond donors (Lipinski definition) is 8. The standard InChI is InChI=1S/C48H66N8O29P4S4/c1-23-15-53(45(64)49-41(23)60)37-11-29(33(19-57)78-37)85-89(91,74-8-10-93-28(6)59)77-22-36-32(14-40(81-36)56-18-26(4)44(63)52-48(56)67)84-88(72,90)76-21-35-31(13-39(80-35)55-17-25(3)43(62)51-47(55)66)83-87(70,71)75-20-34-30(82-86(68,69)73-7-9-92-27(5)58)12-38(79-34)54-16-24(2)42(61)50-46(54)65/h15-18,29-40,57H,7-14,19-22H2,1-6H3,(H,68,69)(H,70,71)(H,72,90)(H,49,60,64)(H,50,61,65)(H,51,62,66)(H,52,63,67)/t29-,30-,31-,32-,33+,34+,35+,36+,37+,38+,39+,40+,88?,89?/m0/s1. The van der Waals surface area contributed by atoms with Crippen LogP contribution in [0.15, 0.2) is 63.1 Å². The third-order valence-corrected chi connectivity index (χ3v) is 21.9. The molecule has 4 fully saturated rings. The van der Waals surface area contributed by atoms with Crippen LogP contribution in [0.1, 0.15) is 86.7 Å². The summed E-state index contributed by atoms with van der Waals surface area (Å²) in [7, 11) is -10.4. The lowest BCUT2D eigenvalue weighted by atomic mass is 10.2. The van der Waals surface area contributed by atoms with E-state index in [0.29, 0.717) is 0 Å². The van der Waals surface area contributed by atoms with Gasteiger partial charge in [-0.2, -0.15) is 0 Å². The van der Waals surface area contributed by atoms with Gasteiger partial charge in [-0.15, -0.1) is 0 Å². The summed E-state index contributed by atoms with van der Waals surface area (Å²) in [4.78, 5) is 167. The van der Waals surface area contributed by atoms with Crippen molar-refractivity contribution in [2.24, 2.45) is 0 Å². The minimum atomic E-state index is -5.43. The summed E-state index contributed by atoms with van der Waals surface area (Å²) >= 11 is 13.1. The largest absolute Gasteiger partial charge is 0.472 e. The minimum Gasteiger partial charge on any atom is -0.394 e. The number of nitrogens with one attached hydrogen (secondary N) is 4. The highest BCUT2D eigenvalue weighted by molar-refractivity contribution is 8.13. The van der Waals surface area contributed by atoms with Crippen molar-refractivity contribution in [3.63, 3.8) is 0 Å². The van der Waals surface area contributed by atoms with Crippen molar-refractivity contribution in [3.8, 4) is 0 Å². The topological polar surface area (TPSA) is 489 Å². The molecule has 0 radical (unpaired) electrons. The summed E-state index contributed by atoms with van der Waals surface area (Å²) in [5.74, 6) is 0.0153. The Morgan fingerprint density at radius 3 is 1.17 bits per heavy atom. The molecule has 4 aromatic heterocycles. The zero-order valence-electron chi connectivity index (χ0n) is 49.9. The molecule has 4 unspecified atom stereocenters. The van der Waals surface area contributed by atoms with Crippen LogP contribution in [0.2, 0.25) is 0 Å². The Morgan fingerprint density at radius 2 is 0.806 bits per heavy atom. The van der Waals surface area contributed by atoms with Gasteiger partial charge >= 0.3 is 51.8 Å². The highest BCUT2D eigenvalue weighted by Crippen LogP contribution is 2.56. The molecule has 0 saturated carbocycles. The predicted molar refractivity (Wildman–Crippen MR) is 331 cm³/mol. The molecule has 93 heavy (non-hydrogen) atoms. The molecule has 8 rings (SSSR count). The molecule has 45 heteroatoms. The zero-order valence-corrected chi connectivity index (χ0v) is 56.8. The molecular weight excluding hydrogens is 1400 g/mol. The number of hydrogen-bond acceptors (Lipinski definition) is 30. The fourth-order valence-corrected chi connectivity index (χ4v) is 16.5. The lowest BCUT2D eigenvalue weighted by molar-refractivity contribution is -0.109. The first-order chi connectivity index (χ1) is 43.6. The number of aliphatic hydroxyl groups excluding tert-OH is 1. The zero-order chi connectivity index (χ0) is 68.1. The molecule has 0 amide bonds. The number of aromatic amines is 4. The minimum absolute atomic E-state index is 0.0335. The van der Waals surface area contributed by atoms with Crippen LogP contribution >= 0.6 is 52.6 Å². The maximum absolute atomic E-state index is 14.0. The van der Waals surface area contributed by atoms with Crippen LogP contribution in [0, 0.1) is 27.7 Å². The van der Waals surface area contributed by atoms with Crippen LogP contribution in [0.3, 0.4) is 0 Å². The third kappa shape index (κ3) is 20.0. The molecule has 0 spiro atoms. The Hall–Kier alpha value is -4.16. The van der Waals surface area contributed by atoms with Crippen LogP contribution in [0.4, 0.5) is 0 Å². The number of phosphoric ester groups is 2. The SMILES string of the molecule is CC(=O)SCCOP(=O)(O)O[C@H]1C[C@H](n2cc(C)c(=O)[nH]c2=O)O[C@@H]1COP(=O)(O)O[C@H]1C[C@H](n2cc(C)c(=O)[nH]c2=O)O[C@@H]1COP(O)(=S)O[C@H]1C[C@H](n2cc(C)c(=O)[nH]c2=O)O[C@@H]1COP(=S)(OCCSC(C)=O)O[C@H]1C[C@H](n2cc(C)c(=O)[nH]c2=O)O[C@@H]1CO. The number of nitrogens with zero attached hydrogens (tertiary/aromatic N) is 4. The molecule has 516 valence electrons. The number of ether oxygens (including phenoxy) is 4. The maximum atomic E-state index is 14.0. The van der Waals surface area contributed by atoms with Crippen LogP contribution in [0.5, 0.6) is 0 Å². The predicted octanol–water partition coefficient (Wildman–Crippen LogP) is 0.388. The number of rotatable bonds is 30. The van der Waals surface area contributed by atoms with E-state index in [1.165, 1.54) is 53.9 Å². The molecule has 8 N–H and O–H groups in total. The lowest BCUT2D eigenvalue weighted by Gasteiger charge is -2.29. The fraction of sp³-hybridized carbons (Fsp3) is 0.625. The van der Waals surface area contributed by atoms with E-state index in [4.69, 9.17) is 83.3 Å². The number of aliphatic hydroxyl groups is 1. The summed E-state index contributed by atoms with van der Waals surface area (Å²) in [5, 5.41) is 9.83. The van der Waals surface area contributed by atoms with E-state index in [1.54, 1.807) is 0 Å². The first-order valence-electron chi connectivity index (χ1n) is 27.9. The summed E-state index contributed by atoms with van der Waals surface area (Å²) in [6, 6.07) is 0. The summed E-state index contributed by atoms with van der Waals surface area (Å²) in [6.45, 7) is -4.39. The average Bonchev–Trinajstić information content (AvgIpc) is 1.70. The number of aryl methyl sites for hydroxylation is 4. The number of H-pyrrole nitrogens is 4. The van der Waals surface area contributed by atoms with Crippen molar-refractivity contribution < 1.29 is 98.2 Å². The highest BCUT2D eigenvalue weighted by atomic mass is 32.5. The smallest absolute Gasteiger partial charge is 0.394 e. The first-order valence-corrected chi connectivity index (χ1v) is 38.0. The van der Waals surface area contributed by atoms with Gasteiger partial charge in [0.25, 0.3) is 22.2 Å². The Balaban J connectivity index is 1.02. The number of thioether (sulfide) groups is 2. The van der Waals surface area contributed by atoms with Gasteiger partial charge in [-0.05, 0) is 51.3 Å². The van der Waals surface area contributed by atoms with Gasteiger partial charge in [-0.3, -0.25) is 85.1 Å². The van der Waals surface area contributed by atoms with Gasteiger partial charge in [-0.25, -0.2) is 28.3 Å². The van der Waals surface area contributed by atoms with Gasteiger partial charge in [0.2, 0.25) is 0 Å². The second-order valence-electron chi connectivity index (χ2n) is 21.2. The van der Waals surface area contributed by atoms with Crippen molar-refractivity contribution in [3.05, 3.63) is 130 Å². The van der Waals surface area contributed by atoms with E-state index in [0.717, 1.165) is 54.2 Å². The van der Waals surface area contributed by atoms with Gasteiger partial charge in [0, 0.05) is 98.1 Å². The summed E-state index contributed by atoms with van der Waals surface area (Å²) in [5.41, 5.74) is -6.18. The molecule has 0 bridgehead atoms. The second-order valence-corrected chi connectivity index (χ2v) is 32.3. The summed E-state index contributed by atoms with van der Waals surface area (Å²) in [6.07, 6.45) is -13.2. The van der Waals surface area contributed by atoms with Crippen molar-refractivity contribution in [2.75, 3.05) is 51.1 Å². The van der Waals surface area contributed by atoms with Crippen LogP contribution in [-0.4, -0.2) is 168 Å². The van der Waals surface area contributed by atoms with E-state index in [-0.39, 0.29) is 63.4 Å². The van der Waals surface area contributed by atoms with E-state index >= 15 is 0 Å². The molecule has 16 atom stereocenters. The van der Waals surface area contributed by atoms with Gasteiger partial charge in [0.05, 0.1) is 51.8 Å². The lowest BCUT2D eigenvalue weighted by Crippen LogP contribution is -2.33. The Labute approximate surface area is 542 Å². The quantitative estimate of drug-likeness (QED) is 0.0258. The van der Waals surface area contributed by atoms with Gasteiger partial charge < -0.3 is 61.4 Å². The number of carbonyl (C=O) groups is 2. The van der Waals surface area contributed by atoms with Crippen molar-refractivity contribution in [1.82, 2.24) is 38.2 Å². The van der Waals surface area contributed by atoms with Crippen LogP contribution < -0.4 is 45.0 Å². The Kier molecular flexibility index (Phi) is 25.3. The van der Waals surface area contributed by atoms with Crippen molar-refractivity contribution in [1.29, 1.82) is 0 Å². The van der Waals surface area contributed by atoms with E-state index in [2.05, 4.69) is 19.9 Å². The Morgan fingerprint density at radius 1 is 0.495 bits per heavy atom. The normalized spacial score (nSPS) is 27.4. The van der Waals surface area contributed by atoms with E-state index in [1.807, 2.05) is 0 Å².